The molecule has 0 saturated carbocycles. The lowest BCUT2D eigenvalue weighted by Crippen LogP contribution is -2.38. The maximum atomic E-state index is 10.3. The number of nitrogens with zero attached hydrogens (tertiary/aromatic N) is 1. The lowest BCUT2D eigenvalue weighted by Gasteiger charge is -2.17. The first-order valence-electron chi connectivity index (χ1n) is 4.67. The Kier molecular flexibility index (Phi) is 7.77. The molecule has 0 bridgehead atoms. The van der Waals surface area contributed by atoms with Crippen molar-refractivity contribution in [3.05, 3.63) is 4.91 Å². The van der Waals surface area contributed by atoms with E-state index in [9.17, 15) is 4.91 Å². The Morgan fingerprint density at radius 1 is 1.38 bits per heavy atom. The minimum Gasteiger partial charge on any atom is -0.265 e. The fraction of sp³-hybridized carbons (Fsp3) is 1.00. The van der Waals surface area contributed by atoms with Gasteiger partial charge in [-0.1, -0.05) is 31.9 Å². The van der Waals surface area contributed by atoms with Crippen LogP contribution in [0, 0.1) is 4.91 Å². The summed E-state index contributed by atoms with van der Waals surface area (Å²) in [5.74, 6) is 0. The molecule has 0 radical (unpaired) electrons. The van der Waals surface area contributed by atoms with Gasteiger partial charge in [0.25, 0.3) is 0 Å². The zero-order chi connectivity index (χ0) is 10.1. The van der Waals surface area contributed by atoms with Gasteiger partial charge in [0, 0.05) is 0 Å². The van der Waals surface area contributed by atoms with E-state index in [-0.39, 0.29) is 0 Å². The molecule has 0 aromatic carbocycles. The number of nitrogens with one attached hydrogen (secondary N) is 1. The Balaban J connectivity index is 3.79. The molecule has 2 unspecified atom stereocenters. The summed E-state index contributed by atoms with van der Waals surface area (Å²) in [5.41, 5.74) is 0. The van der Waals surface area contributed by atoms with Crippen molar-refractivity contribution in [2.45, 2.75) is 51.9 Å². The van der Waals surface area contributed by atoms with Crippen LogP contribution in [0.25, 0.3) is 0 Å². The van der Waals surface area contributed by atoms with E-state index in [0.29, 0.717) is 12.8 Å². The molecule has 0 saturated heterocycles. The van der Waals surface area contributed by atoms with Crippen LogP contribution in [0.15, 0.2) is 5.18 Å². The van der Waals surface area contributed by atoms with Crippen LogP contribution >= 0.6 is 0 Å². The number of nitroso groups, excluding NO2 is 1. The molecule has 0 aliphatic carbocycles. The minimum absolute atomic E-state index is 0.464. The van der Waals surface area contributed by atoms with Crippen molar-refractivity contribution in [3.8, 4) is 0 Å². The molecular weight excluding hydrogens is 172 g/mol. The summed E-state index contributed by atoms with van der Waals surface area (Å²) in [7, 11) is 0. The van der Waals surface area contributed by atoms with Gasteiger partial charge in [-0.3, -0.25) is 10.6 Å². The van der Waals surface area contributed by atoms with E-state index in [1.807, 2.05) is 13.8 Å². The third-order valence-electron chi connectivity index (χ3n) is 1.75. The van der Waals surface area contributed by atoms with E-state index < -0.39 is 12.4 Å². The SMILES string of the molecule is CCCC(N=O)NC(CCC)OO. The Labute approximate surface area is 78.4 Å². The van der Waals surface area contributed by atoms with E-state index >= 15 is 0 Å². The van der Waals surface area contributed by atoms with Gasteiger partial charge in [0.15, 0.2) is 0 Å². The average Bonchev–Trinajstić information content (AvgIpc) is 2.16. The molecule has 2 atom stereocenters. The maximum Gasteiger partial charge on any atom is 0.145 e. The van der Waals surface area contributed by atoms with Gasteiger partial charge in [0.1, 0.15) is 12.4 Å². The van der Waals surface area contributed by atoms with Gasteiger partial charge in [-0.05, 0) is 12.8 Å². The van der Waals surface area contributed by atoms with E-state index in [0.717, 1.165) is 12.8 Å². The zero-order valence-electron chi connectivity index (χ0n) is 8.19. The molecule has 0 amide bonds. The molecule has 0 rings (SSSR count). The van der Waals surface area contributed by atoms with Gasteiger partial charge in [-0.25, -0.2) is 4.89 Å². The summed E-state index contributed by atoms with van der Waals surface area (Å²) in [6.07, 6.45) is 2.11. The molecule has 2 N–H and O–H groups in total. The molecular formula is C8H18N2O3. The first kappa shape index (κ1) is 12.5. The second-order valence-corrected chi connectivity index (χ2v) is 2.96. The van der Waals surface area contributed by atoms with Crippen molar-refractivity contribution in [2.75, 3.05) is 0 Å². The maximum absolute atomic E-state index is 10.3. The van der Waals surface area contributed by atoms with Gasteiger partial charge in [0.2, 0.25) is 0 Å². The summed E-state index contributed by atoms with van der Waals surface area (Å²) in [6.45, 7) is 3.94. The first-order chi connectivity index (χ1) is 6.28. The van der Waals surface area contributed by atoms with Crippen LogP contribution in [-0.4, -0.2) is 17.7 Å². The highest BCUT2D eigenvalue weighted by Crippen LogP contribution is 2.03. The number of hydrogen-bond acceptors (Lipinski definition) is 5. The van der Waals surface area contributed by atoms with Crippen LogP contribution in [0.1, 0.15) is 39.5 Å². The predicted octanol–water partition coefficient (Wildman–Crippen LogP) is 2.08. The summed E-state index contributed by atoms with van der Waals surface area (Å²) in [4.78, 5) is 14.5. The monoisotopic (exact) mass is 190 g/mol. The van der Waals surface area contributed by atoms with Crippen LogP contribution in [-0.2, 0) is 4.89 Å². The lowest BCUT2D eigenvalue weighted by atomic mass is 10.2. The van der Waals surface area contributed by atoms with Crippen LogP contribution in [0.2, 0.25) is 0 Å². The van der Waals surface area contributed by atoms with Crippen molar-refractivity contribution in [1.82, 2.24) is 5.32 Å². The summed E-state index contributed by atoms with van der Waals surface area (Å²) in [5, 5.41) is 14.2. The Morgan fingerprint density at radius 3 is 2.38 bits per heavy atom. The molecule has 0 heterocycles. The first-order valence-corrected chi connectivity index (χ1v) is 4.67. The molecule has 0 spiro atoms. The van der Waals surface area contributed by atoms with Gasteiger partial charge < -0.3 is 0 Å². The largest absolute Gasteiger partial charge is 0.265 e. The van der Waals surface area contributed by atoms with Gasteiger partial charge in [-0.2, -0.15) is 0 Å². The summed E-state index contributed by atoms with van der Waals surface area (Å²) < 4.78 is 0. The van der Waals surface area contributed by atoms with Crippen LogP contribution < -0.4 is 5.32 Å². The Bertz CT molecular complexity index is 133. The second kappa shape index (κ2) is 8.10. The van der Waals surface area contributed by atoms with E-state index in [1.165, 1.54) is 0 Å². The van der Waals surface area contributed by atoms with Gasteiger partial charge in [-0.15, -0.1) is 4.91 Å². The van der Waals surface area contributed by atoms with Crippen molar-refractivity contribution in [3.63, 3.8) is 0 Å². The normalized spacial score (nSPS) is 15.3. The van der Waals surface area contributed by atoms with Crippen LogP contribution in [0.3, 0.4) is 0 Å². The highest BCUT2D eigenvalue weighted by Gasteiger charge is 2.14. The molecule has 5 heteroatoms. The van der Waals surface area contributed by atoms with Crippen molar-refractivity contribution in [1.29, 1.82) is 0 Å². The van der Waals surface area contributed by atoms with Gasteiger partial charge >= 0.3 is 0 Å². The zero-order valence-corrected chi connectivity index (χ0v) is 8.19. The second-order valence-electron chi connectivity index (χ2n) is 2.96. The molecule has 13 heavy (non-hydrogen) atoms. The fourth-order valence-electron chi connectivity index (χ4n) is 1.08. The van der Waals surface area contributed by atoms with Crippen LogP contribution in [0.5, 0.6) is 0 Å². The molecule has 0 fully saturated rings. The topological polar surface area (TPSA) is 70.9 Å². The van der Waals surface area contributed by atoms with Crippen molar-refractivity contribution >= 4 is 0 Å². The molecule has 0 aliphatic rings. The third kappa shape index (κ3) is 5.68. The molecule has 0 aliphatic heterocycles. The molecule has 78 valence electrons. The predicted molar refractivity (Wildman–Crippen MR) is 50.0 cm³/mol. The molecule has 0 aromatic heterocycles. The highest BCUT2D eigenvalue weighted by atomic mass is 17.1. The Morgan fingerprint density at radius 2 is 2.00 bits per heavy atom. The Hall–Kier alpha value is -0.520. The van der Waals surface area contributed by atoms with E-state index in [4.69, 9.17) is 5.26 Å². The molecule has 0 aromatic rings. The van der Waals surface area contributed by atoms with Crippen molar-refractivity contribution in [2.24, 2.45) is 5.18 Å². The van der Waals surface area contributed by atoms with Gasteiger partial charge in [0.05, 0.1) is 0 Å². The quantitative estimate of drug-likeness (QED) is 0.266. The summed E-state index contributed by atoms with van der Waals surface area (Å²) >= 11 is 0. The summed E-state index contributed by atoms with van der Waals surface area (Å²) in [6, 6.07) is 0. The highest BCUT2D eigenvalue weighted by molar-refractivity contribution is 4.65. The van der Waals surface area contributed by atoms with Crippen molar-refractivity contribution < 1.29 is 10.1 Å². The number of rotatable bonds is 8. The smallest absolute Gasteiger partial charge is 0.145 e. The fourth-order valence-corrected chi connectivity index (χ4v) is 1.08. The average molecular weight is 190 g/mol. The third-order valence-corrected chi connectivity index (χ3v) is 1.75. The van der Waals surface area contributed by atoms with Crippen LogP contribution in [0.4, 0.5) is 0 Å². The van der Waals surface area contributed by atoms with E-state index in [1.54, 1.807) is 0 Å². The standard InChI is InChI=1S/C8H18N2O3/c1-3-5-7(10-11)9-8(13-12)6-4-2/h7-9,12H,3-6H2,1-2H3. The number of hydrogen-bond donors (Lipinski definition) is 2. The van der Waals surface area contributed by atoms with E-state index in [2.05, 4.69) is 15.4 Å². The lowest BCUT2D eigenvalue weighted by molar-refractivity contribution is -0.289. The minimum atomic E-state index is -0.487. The molecule has 5 nitrogen and oxygen atoms in total.